The van der Waals surface area contributed by atoms with Gasteiger partial charge in [0, 0.05) is 11.3 Å². The predicted octanol–water partition coefficient (Wildman–Crippen LogP) is 0.219. The lowest BCUT2D eigenvalue weighted by atomic mass is 10.2. The van der Waals surface area contributed by atoms with Crippen LogP contribution in [0.2, 0.25) is 0 Å². The van der Waals surface area contributed by atoms with Gasteiger partial charge >= 0.3 is 5.97 Å². The lowest BCUT2D eigenvalue weighted by Crippen LogP contribution is -2.34. The van der Waals surface area contributed by atoms with Gasteiger partial charge in [-0.2, -0.15) is 0 Å². The Bertz CT molecular complexity index is 513. The van der Waals surface area contributed by atoms with Crippen LogP contribution in [0.5, 0.6) is 0 Å². The third kappa shape index (κ3) is 6.05. The standard InChI is InChI=1S/C14H19N3O4/c1-3-21-13(19)9-17(2)8-12(18)16-11-6-4-10(5-7-11)14(15)20/h4-7H,3,8-9H2,1-2H3,(H2,15,20)(H,16,18). The minimum atomic E-state index is -0.526. The normalized spacial score (nSPS) is 10.2. The topological polar surface area (TPSA) is 102 Å². The number of ether oxygens (including phenoxy) is 1. The molecule has 2 amide bonds. The van der Waals surface area contributed by atoms with Crippen LogP contribution in [0.25, 0.3) is 0 Å². The van der Waals surface area contributed by atoms with E-state index in [0.29, 0.717) is 17.9 Å². The molecule has 0 fully saturated rings. The Balaban J connectivity index is 2.46. The molecule has 1 aromatic rings. The van der Waals surface area contributed by atoms with Crippen LogP contribution in [0.1, 0.15) is 17.3 Å². The summed E-state index contributed by atoms with van der Waals surface area (Å²) in [4.78, 5) is 35.5. The maximum atomic E-state index is 11.8. The number of nitrogens with one attached hydrogen (secondary N) is 1. The fraction of sp³-hybridized carbons (Fsp3) is 0.357. The Labute approximate surface area is 123 Å². The van der Waals surface area contributed by atoms with Crippen molar-refractivity contribution in [1.29, 1.82) is 0 Å². The van der Waals surface area contributed by atoms with Crippen LogP contribution in [-0.2, 0) is 14.3 Å². The van der Waals surface area contributed by atoms with Crippen LogP contribution >= 0.6 is 0 Å². The number of benzene rings is 1. The average molecular weight is 293 g/mol. The van der Waals surface area contributed by atoms with Crippen molar-refractivity contribution in [1.82, 2.24) is 4.90 Å². The first-order chi connectivity index (χ1) is 9.92. The maximum absolute atomic E-state index is 11.8. The second kappa shape index (κ2) is 8.01. The summed E-state index contributed by atoms with van der Waals surface area (Å²) >= 11 is 0. The van der Waals surface area contributed by atoms with Gasteiger partial charge in [0.15, 0.2) is 0 Å². The number of nitrogens with two attached hydrogens (primary N) is 1. The van der Waals surface area contributed by atoms with E-state index in [1.54, 1.807) is 31.0 Å². The summed E-state index contributed by atoms with van der Waals surface area (Å²) in [5.41, 5.74) is 6.04. The zero-order valence-corrected chi connectivity index (χ0v) is 12.1. The second-order valence-corrected chi connectivity index (χ2v) is 4.47. The van der Waals surface area contributed by atoms with Gasteiger partial charge in [0.25, 0.3) is 0 Å². The van der Waals surface area contributed by atoms with Crippen LogP contribution in [0.15, 0.2) is 24.3 Å². The number of likely N-dealkylation sites (N-methyl/N-ethyl adjacent to an activating group) is 1. The summed E-state index contributed by atoms with van der Waals surface area (Å²) in [5.74, 6) is -1.17. The first kappa shape index (κ1) is 16.6. The minimum absolute atomic E-state index is 0.0435. The van der Waals surface area contributed by atoms with Gasteiger partial charge in [-0.05, 0) is 38.2 Å². The largest absolute Gasteiger partial charge is 0.465 e. The van der Waals surface area contributed by atoms with E-state index in [2.05, 4.69) is 5.32 Å². The van der Waals surface area contributed by atoms with E-state index in [4.69, 9.17) is 10.5 Å². The maximum Gasteiger partial charge on any atom is 0.320 e. The molecule has 0 atom stereocenters. The lowest BCUT2D eigenvalue weighted by Gasteiger charge is -2.15. The van der Waals surface area contributed by atoms with Gasteiger partial charge in [-0.15, -0.1) is 0 Å². The smallest absolute Gasteiger partial charge is 0.320 e. The zero-order valence-electron chi connectivity index (χ0n) is 12.1. The van der Waals surface area contributed by atoms with Gasteiger partial charge in [0.05, 0.1) is 19.7 Å². The van der Waals surface area contributed by atoms with Gasteiger partial charge in [0.1, 0.15) is 0 Å². The van der Waals surface area contributed by atoms with Crippen molar-refractivity contribution < 1.29 is 19.1 Å². The molecule has 0 heterocycles. The first-order valence-corrected chi connectivity index (χ1v) is 6.46. The fourth-order valence-electron chi connectivity index (χ4n) is 1.65. The van der Waals surface area contributed by atoms with E-state index in [-0.39, 0.29) is 25.0 Å². The number of esters is 1. The molecule has 0 aliphatic heterocycles. The quantitative estimate of drug-likeness (QED) is 0.700. The van der Waals surface area contributed by atoms with Gasteiger partial charge in [-0.1, -0.05) is 0 Å². The number of primary amides is 1. The van der Waals surface area contributed by atoms with Crippen molar-refractivity contribution in [2.75, 3.05) is 32.1 Å². The highest BCUT2D eigenvalue weighted by Crippen LogP contribution is 2.09. The third-order valence-electron chi connectivity index (χ3n) is 2.57. The minimum Gasteiger partial charge on any atom is -0.465 e. The first-order valence-electron chi connectivity index (χ1n) is 6.46. The molecule has 0 aliphatic carbocycles. The van der Waals surface area contributed by atoms with E-state index in [1.807, 2.05) is 0 Å². The van der Waals surface area contributed by atoms with E-state index in [9.17, 15) is 14.4 Å². The number of carbonyl (C=O) groups is 3. The van der Waals surface area contributed by atoms with Crippen molar-refractivity contribution in [3.63, 3.8) is 0 Å². The molecule has 1 aromatic carbocycles. The highest BCUT2D eigenvalue weighted by Gasteiger charge is 2.11. The van der Waals surface area contributed by atoms with Crippen molar-refractivity contribution in [3.8, 4) is 0 Å². The Morgan fingerprint density at radius 2 is 1.81 bits per heavy atom. The SMILES string of the molecule is CCOC(=O)CN(C)CC(=O)Nc1ccc(C(N)=O)cc1. The van der Waals surface area contributed by atoms with E-state index in [0.717, 1.165) is 0 Å². The van der Waals surface area contributed by atoms with Crippen LogP contribution in [0, 0.1) is 0 Å². The molecule has 0 saturated carbocycles. The number of nitrogens with zero attached hydrogens (tertiary/aromatic N) is 1. The molecule has 0 saturated heterocycles. The van der Waals surface area contributed by atoms with Gasteiger partial charge in [0.2, 0.25) is 11.8 Å². The Morgan fingerprint density at radius 3 is 2.33 bits per heavy atom. The summed E-state index contributed by atoms with van der Waals surface area (Å²) < 4.78 is 4.79. The Kier molecular flexibility index (Phi) is 6.35. The lowest BCUT2D eigenvalue weighted by molar-refractivity contribution is -0.144. The highest BCUT2D eigenvalue weighted by atomic mass is 16.5. The summed E-state index contributed by atoms with van der Waals surface area (Å²) in [6.45, 7) is 2.13. The van der Waals surface area contributed by atoms with Crippen LogP contribution < -0.4 is 11.1 Å². The van der Waals surface area contributed by atoms with Gasteiger partial charge in [-0.25, -0.2) is 0 Å². The summed E-state index contributed by atoms with van der Waals surface area (Å²) in [6.07, 6.45) is 0. The zero-order chi connectivity index (χ0) is 15.8. The number of anilines is 1. The number of rotatable bonds is 7. The van der Waals surface area contributed by atoms with Crippen LogP contribution in [-0.4, -0.2) is 49.4 Å². The molecule has 0 radical (unpaired) electrons. The monoisotopic (exact) mass is 293 g/mol. The van der Waals surface area contributed by atoms with Crippen LogP contribution in [0.4, 0.5) is 5.69 Å². The Morgan fingerprint density at radius 1 is 1.19 bits per heavy atom. The second-order valence-electron chi connectivity index (χ2n) is 4.47. The third-order valence-corrected chi connectivity index (χ3v) is 2.57. The molecule has 7 nitrogen and oxygen atoms in total. The molecule has 21 heavy (non-hydrogen) atoms. The molecule has 1 rings (SSSR count). The average Bonchev–Trinajstić information content (AvgIpc) is 2.38. The molecule has 0 spiro atoms. The predicted molar refractivity (Wildman–Crippen MR) is 77.7 cm³/mol. The number of hydrogen-bond donors (Lipinski definition) is 2. The number of hydrogen-bond acceptors (Lipinski definition) is 5. The number of carbonyl (C=O) groups excluding carboxylic acids is 3. The van der Waals surface area contributed by atoms with Crippen molar-refractivity contribution in [2.45, 2.75) is 6.92 Å². The fourth-order valence-corrected chi connectivity index (χ4v) is 1.65. The highest BCUT2D eigenvalue weighted by molar-refractivity contribution is 5.95. The summed E-state index contributed by atoms with van der Waals surface area (Å²) in [7, 11) is 1.65. The van der Waals surface area contributed by atoms with E-state index < -0.39 is 5.91 Å². The Hall–Kier alpha value is -2.41. The van der Waals surface area contributed by atoms with Crippen molar-refractivity contribution in [3.05, 3.63) is 29.8 Å². The number of amides is 2. The van der Waals surface area contributed by atoms with Crippen molar-refractivity contribution in [2.24, 2.45) is 5.73 Å². The van der Waals surface area contributed by atoms with Crippen molar-refractivity contribution >= 4 is 23.5 Å². The molecule has 114 valence electrons. The summed E-state index contributed by atoms with van der Waals surface area (Å²) in [6, 6.07) is 6.23. The molecular formula is C14H19N3O4. The molecule has 7 heteroatoms. The van der Waals surface area contributed by atoms with Gasteiger partial charge in [-0.3, -0.25) is 19.3 Å². The molecule has 0 aliphatic rings. The molecular weight excluding hydrogens is 274 g/mol. The van der Waals surface area contributed by atoms with E-state index in [1.165, 1.54) is 12.1 Å². The van der Waals surface area contributed by atoms with Gasteiger partial charge < -0.3 is 15.8 Å². The molecule has 0 unspecified atom stereocenters. The van der Waals surface area contributed by atoms with E-state index >= 15 is 0 Å². The molecule has 0 bridgehead atoms. The summed E-state index contributed by atoms with van der Waals surface area (Å²) in [5, 5.41) is 2.66. The molecule has 0 aromatic heterocycles. The van der Waals surface area contributed by atoms with Crippen LogP contribution in [0.3, 0.4) is 0 Å². The molecule has 3 N–H and O–H groups in total.